The van der Waals surface area contributed by atoms with E-state index >= 15 is 0 Å². The van der Waals surface area contributed by atoms with Crippen LogP contribution in [0.5, 0.6) is 5.88 Å². The van der Waals surface area contributed by atoms with Crippen molar-refractivity contribution in [3.63, 3.8) is 0 Å². The fraction of sp³-hybridized carbons (Fsp3) is 0.500. The quantitative estimate of drug-likeness (QED) is 0.559. The molecule has 0 aliphatic carbocycles. The molecule has 1 heterocycles. The summed E-state index contributed by atoms with van der Waals surface area (Å²) in [6.45, 7) is 0.249. The minimum absolute atomic E-state index is 0.00708. The molecule has 5 nitrogen and oxygen atoms in total. The van der Waals surface area contributed by atoms with E-state index in [1.807, 2.05) is 0 Å². The van der Waals surface area contributed by atoms with Crippen LogP contribution in [0.25, 0.3) is 0 Å². The fourth-order valence-corrected chi connectivity index (χ4v) is 0.412. The zero-order chi connectivity index (χ0) is 6.53. The Morgan fingerprint density at radius 1 is 1.78 bits per heavy atom. The summed E-state index contributed by atoms with van der Waals surface area (Å²) >= 11 is 0. The van der Waals surface area contributed by atoms with Crippen molar-refractivity contribution in [3.05, 3.63) is 6.20 Å². The van der Waals surface area contributed by atoms with Crippen LogP contribution in [0.15, 0.2) is 6.20 Å². The number of nitrogens with zero attached hydrogens (tertiary/aromatic N) is 2. The van der Waals surface area contributed by atoms with Gasteiger partial charge in [0.2, 0.25) is 0 Å². The highest BCUT2D eigenvalue weighted by Gasteiger charge is 1.91. The van der Waals surface area contributed by atoms with Gasteiger partial charge in [-0.2, -0.15) is 0 Å². The van der Waals surface area contributed by atoms with Crippen LogP contribution in [0, 0.1) is 0 Å². The van der Waals surface area contributed by atoms with Gasteiger partial charge in [0.15, 0.2) is 0 Å². The number of aromatic amines is 1. The van der Waals surface area contributed by atoms with E-state index in [-0.39, 0.29) is 13.2 Å². The lowest BCUT2D eigenvalue weighted by molar-refractivity contribution is 0.196. The molecule has 0 spiro atoms. The zero-order valence-corrected chi connectivity index (χ0v) is 4.74. The minimum atomic E-state index is -0.00708. The molecule has 0 radical (unpaired) electrons. The molecule has 0 bridgehead atoms. The van der Waals surface area contributed by atoms with Crippen molar-refractivity contribution >= 4 is 0 Å². The topological polar surface area (TPSA) is 71.0 Å². The number of ether oxygens (including phenoxy) is 1. The van der Waals surface area contributed by atoms with Gasteiger partial charge in [0, 0.05) is 0 Å². The van der Waals surface area contributed by atoms with Crippen LogP contribution in [0.3, 0.4) is 0 Å². The maximum Gasteiger partial charge on any atom is 0.253 e. The maximum atomic E-state index is 8.28. The van der Waals surface area contributed by atoms with Crippen molar-refractivity contribution in [2.24, 2.45) is 0 Å². The lowest BCUT2D eigenvalue weighted by Crippen LogP contribution is -2.01. The minimum Gasteiger partial charge on any atom is -0.473 e. The lowest BCUT2D eigenvalue weighted by atomic mass is 10.7. The second-order valence-corrected chi connectivity index (χ2v) is 1.38. The van der Waals surface area contributed by atoms with E-state index in [9.17, 15) is 0 Å². The number of aromatic nitrogens is 3. The number of aliphatic hydroxyl groups excluding tert-OH is 1. The van der Waals surface area contributed by atoms with Gasteiger partial charge in [0.05, 0.1) is 12.8 Å². The van der Waals surface area contributed by atoms with Gasteiger partial charge in [-0.3, -0.25) is 5.10 Å². The van der Waals surface area contributed by atoms with E-state index < -0.39 is 0 Å². The number of hydrogen-bond donors (Lipinski definition) is 2. The summed E-state index contributed by atoms with van der Waals surface area (Å²) in [7, 11) is 0. The Balaban J connectivity index is 2.30. The Morgan fingerprint density at radius 2 is 2.67 bits per heavy atom. The lowest BCUT2D eigenvalue weighted by Gasteiger charge is -1.94. The first-order valence-corrected chi connectivity index (χ1v) is 2.53. The predicted molar refractivity (Wildman–Crippen MR) is 29.0 cm³/mol. The normalized spacial score (nSPS) is 9.44. The zero-order valence-electron chi connectivity index (χ0n) is 4.74. The number of nitrogens with one attached hydrogen (secondary N) is 1. The van der Waals surface area contributed by atoms with Gasteiger partial charge in [-0.05, 0) is 0 Å². The molecule has 1 aromatic rings. The highest BCUT2D eigenvalue weighted by Crippen LogP contribution is 1.97. The molecule has 0 amide bonds. The summed E-state index contributed by atoms with van der Waals surface area (Å²) in [6.07, 6.45) is 1.51. The highest BCUT2D eigenvalue weighted by molar-refractivity contribution is 4.96. The van der Waals surface area contributed by atoms with Crippen LogP contribution in [-0.2, 0) is 0 Å². The van der Waals surface area contributed by atoms with Crippen molar-refractivity contribution in [2.45, 2.75) is 0 Å². The molecule has 0 fully saturated rings. The van der Waals surface area contributed by atoms with E-state index in [1.54, 1.807) is 0 Å². The van der Waals surface area contributed by atoms with Crippen molar-refractivity contribution in [3.8, 4) is 5.88 Å². The van der Waals surface area contributed by atoms with Gasteiger partial charge in [-0.15, -0.1) is 0 Å². The Morgan fingerprint density at radius 3 is 3.22 bits per heavy atom. The highest BCUT2D eigenvalue weighted by atomic mass is 16.5. The van der Waals surface area contributed by atoms with Gasteiger partial charge < -0.3 is 9.84 Å². The standard InChI is InChI=1S/C4H7N3O2/c8-1-2-9-4-3-5-7-6-4/h3,8H,1-2H2,(H,5,6,7). The van der Waals surface area contributed by atoms with Crippen molar-refractivity contribution < 1.29 is 9.84 Å². The number of aliphatic hydroxyl groups is 1. The number of rotatable bonds is 3. The van der Waals surface area contributed by atoms with Crippen molar-refractivity contribution in [1.29, 1.82) is 0 Å². The third kappa shape index (κ3) is 1.69. The van der Waals surface area contributed by atoms with Crippen LogP contribution in [0.4, 0.5) is 0 Å². The molecule has 0 aromatic carbocycles. The summed E-state index contributed by atoms with van der Waals surface area (Å²) < 4.78 is 4.84. The van der Waals surface area contributed by atoms with Gasteiger partial charge in [0.1, 0.15) is 6.61 Å². The van der Waals surface area contributed by atoms with Crippen LogP contribution in [-0.4, -0.2) is 33.7 Å². The Kier molecular flexibility index (Phi) is 2.03. The first-order valence-electron chi connectivity index (χ1n) is 2.53. The molecule has 0 saturated carbocycles. The molecular weight excluding hydrogens is 122 g/mol. The third-order valence-electron chi connectivity index (χ3n) is 0.736. The summed E-state index contributed by atoms with van der Waals surface area (Å²) in [6, 6.07) is 0. The van der Waals surface area contributed by atoms with Crippen molar-refractivity contribution in [1.82, 2.24) is 15.4 Å². The van der Waals surface area contributed by atoms with Crippen LogP contribution in [0.2, 0.25) is 0 Å². The molecule has 0 atom stereocenters. The van der Waals surface area contributed by atoms with Crippen LogP contribution < -0.4 is 4.74 Å². The molecule has 0 aliphatic rings. The van der Waals surface area contributed by atoms with Gasteiger partial charge in [0.25, 0.3) is 5.88 Å². The maximum absolute atomic E-state index is 8.28. The molecule has 50 valence electrons. The molecular formula is C4H7N3O2. The molecule has 2 N–H and O–H groups in total. The molecule has 9 heavy (non-hydrogen) atoms. The molecule has 0 aliphatic heterocycles. The van der Waals surface area contributed by atoms with E-state index in [1.165, 1.54) is 6.20 Å². The summed E-state index contributed by atoms with van der Waals surface area (Å²) in [4.78, 5) is 0. The van der Waals surface area contributed by atoms with Crippen LogP contribution >= 0.6 is 0 Å². The van der Waals surface area contributed by atoms with Gasteiger partial charge in [-0.1, -0.05) is 10.3 Å². The smallest absolute Gasteiger partial charge is 0.253 e. The third-order valence-corrected chi connectivity index (χ3v) is 0.736. The Hall–Kier alpha value is -1.10. The monoisotopic (exact) mass is 129 g/mol. The van der Waals surface area contributed by atoms with E-state index in [2.05, 4.69) is 15.4 Å². The largest absolute Gasteiger partial charge is 0.473 e. The second-order valence-electron chi connectivity index (χ2n) is 1.38. The molecule has 5 heteroatoms. The van der Waals surface area contributed by atoms with Gasteiger partial charge >= 0.3 is 0 Å². The Bertz CT molecular complexity index is 151. The number of hydrogen-bond acceptors (Lipinski definition) is 4. The summed E-state index contributed by atoms with van der Waals surface area (Å²) in [5.41, 5.74) is 0. The predicted octanol–water partition coefficient (Wildman–Crippen LogP) is -0.824. The van der Waals surface area contributed by atoms with Crippen LogP contribution in [0.1, 0.15) is 0 Å². The average Bonchev–Trinajstić information content (AvgIpc) is 2.34. The van der Waals surface area contributed by atoms with Crippen molar-refractivity contribution in [2.75, 3.05) is 13.2 Å². The molecule has 1 aromatic heterocycles. The van der Waals surface area contributed by atoms with E-state index in [0.29, 0.717) is 5.88 Å². The SMILES string of the molecule is OCCOc1c[nH]nn1. The van der Waals surface area contributed by atoms with Gasteiger partial charge in [-0.25, -0.2) is 0 Å². The molecule has 0 saturated heterocycles. The average molecular weight is 129 g/mol. The first kappa shape index (κ1) is 6.03. The molecule has 0 unspecified atom stereocenters. The Labute approximate surface area is 51.7 Å². The summed E-state index contributed by atoms with van der Waals surface area (Å²) in [5, 5.41) is 17.7. The fourth-order valence-electron chi connectivity index (χ4n) is 0.412. The van der Waals surface area contributed by atoms with E-state index in [0.717, 1.165) is 0 Å². The van der Waals surface area contributed by atoms with E-state index in [4.69, 9.17) is 9.84 Å². The molecule has 1 rings (SSSR count). The first-order chi connectivity index (χ1) is 4.43. The summed E-state index contributed by atoms with van der Waals surface area (Å²) in [5.74, 6) is 0.407. The number of H-pyrrole nitrogens is 1. The second kappa shape index (κ2) is 3.03.